The van der Waals surface area contributed by atoms with Gasteiger partial charge in [0, 0.05) is 16.7 Å². The molecule has 5 heteroatoms. The van der Waals surface area contributed by atoms with Crippen molar-refractivity contribution >= 4 is 21.9 Å². The number of nitrogens with zero attached hydrogens (tertiary/aromatic N) is 1. The van der Waals surface area contributed by atoms with Crippen LogP contribution in [-0.2, 0) is 9.53 Å². The van der Waals surface area contributed by atoms with Gasteiger partial charge in [0.2, 0.25) is 5.88 Å². The third-order valence-corrected chi connectivity index (χ3v) is 3.68. The Kier molecular flexibility index (Phi) is 4.22. The summed E-state index contributed by atoms with van der Waals surface area (Å²) in [6, 6.07) is 3.64. The monoisotopic (exact) mass is 313 g/mol. The molecule has 1 aliphatic carbocycles. The Morgan fingerprint density at radius 1 is 1.50 bits per heavy atom. The first-order valence-electron chi connectivity index (χ1n) is 6.08. The summed E-state index contributed by atoms with van der Waals surface area (Å²) in [7, 11) is 0. The Hall–Kier alpha value is -1.10. The van der Waals surface area contributed by atoms with Crippen LogP contribution in [0.4, 0.5) is 0 Å². The van der Waals surface area contributed by atoms with Crippen molar-refractivity contribution in [3.63, 3.8) is 0 Å². The van der Waals surface area contributed by atoms with Crippen LogP contribution in [0, 0.1) is 5.41 Å². The molecule has 0 amide bonds. The van der Waals surface area contributed by atoms with Crippen molar-refractivity contribution < 1.29 is 14.3 Å². The number of esters is 1. The summed E-state index contributed by atoms with van der Waals surface area (Å²) >= 11 is 3.31. The van der Waals surface area contributed by atoms with Crippen LogP contribution in [0.25, 0.3) is 0 Å². The van der Waals surface area contributed by atoms with Gasteiger partial charge in [-0.15, -0.1) is 0 Å². The van der Waals surface area contributed by atoms with Crippen molar-refractivity contribution in [3.05, 3.63) is 22.8 Å². The van der Waals surface area contributed by atoms with E-state index in [1.54, 1.807) is 12.3 Å². The van der Waals surface area contributed by atoms with Crippen molar-refractivity contribution in [2.45, 2.75) is 26.2 Å². The summed E-state index contributed by atoms with van der Waals surface area (Å²) in [5, 5.41) is 0. The lowest BCUT2D eigenvalue weighted by Crippen LogP contribution is -2.44. The molecule has 18 heavy (non-hydrogen) atoms. The van der Waals surface area contributed by atoms with Gasteiger partial charge in [-0.3, -0.25) is 4.79 Å². The Balaban J connectivity index is 1.95. The molecule has 0 N–H and O–H groups in total. The van der Waals surface area contributed by atoms with E-state index in [1.165, 1.54) is 0 Å². The fraction of sp³-hybridized carbons (Fsp3) is 0.538. The molecule has 1 aromatic heterocycles. The van der Waals surface area contributed by atoms with Gasteiger partial charge >= 0.3 is 5.97 Å². The normalized spacial score (nSPS) is 16.8. The minimum absolute atomic E-state index is 0.145. The summed E-state index contributed by atoms with van der Waals surface area (Å²) < 4.78 is 11.6. The molecule has 1 aliphatic rings. The summed E-state index contributed by atoms with van der Waals surface area (Å²) in [4.78, 5) is 16.0. The molecule has 1 aromatic rings. The Morgan fingerprint density at radius 3 is 2.78 bits per heavy atom. The standard InChI is InChI=1S/C13H16BrNO3/c1-2-17-12(16)13(6-3-7-13)9-18-11-5-4-10(14)8-15-11/h4-5,8H,2-3,6-7,9H2,1H3. The van der Waals surface area contributed by atoms with Crippen LogP contribution in [-0.4, -0.2) is 24.2 Å². The minimum Gasteiger partial charge on any atom is -0.476 e. The van der Waals surface area contributed by atoms with Gasteiger partial charge in [-0.2, -0.15) is 0 Å². The van der Waals surface area contributed by atoms with E-state index in [9.17, 15) is 4.79 Å². The van der Waals surface area contributed by atoms with E-state index >= 15 is 0 Å². The first-order chi connectivity index (χ1) is 8.66. The summed E-state index contributed by atoms with van der Waals surface area (Å²) in [6.07, 6.45) is 4.40. The van der Waals surface area contributed by atoms with E-state index in [4.69, 9.17) is 9.47 Å². The number of aromatic nitrogens is 1. The lowest BCUT2D eigenvalue weighted by Gasteiger charge is -2.38. The average Bonchev–Trinajstić information content (AvgIpc) is 2.30. The molecule has 0 aliphatic heterocycles. The van der Waals surface area contributed by atoms with E-state index in [-0.39, 0.29) is 5.97 Å². The van der Waals surface area contributed by atoms with Crippen LogP contribution in [0.1, 0.15) is 26.2 Å². The van der Waals surface area contributed by atoms with Gasteiger partial charge in [-0.05, 0) is 41.8 Å². The number of pyridine rings is 1. The number of hydrogen-bond donors (Lipinski definition) is 0. The molecule has 0 spiro atoms. The highest BCUT2D eigenvalue weighted by molar-refractivity contribution is 9.10. The fourth-order valence-electron chi connectivity index (χ4n) is 1.95. The number of hydrogen-bond acceptors (Lipinski definition) is 4. The van der Waals surface area contributed by atoms with Crippen molar-refractivity contribution in [1.29, 1.82) is 0 Å². The van der Waals surface area contributed by atoms with Gasteiger partial charge in [0.15, 0.2) is 0 Å². The molecule has 0 saturated heterocycles. The Morgan fingerprint density at radius 2 is 2.28 bits per heavy atom. The maximum absolute atomic E-state index is 11.9. The molecule has 0 aromatic carbocycles. The molecule has 1 fully saturated rings. The van der Waals surface area contributed by atoms with Crippen LogP contribution in [0.5, 0.6) is 5.88 Å². The molecule has 0 unspecified atom stereocenters. The zero-order valence-corrected chi connectivity index (χ0v) is 11.9. The van der Waals surface area contributed by atoms with Crippen LogP contribution in [0.3, 0.4) is 0 Å². The van der Waals surface area contributed by atoms with E-state index in [2.05, 4.69) is 20.9 Å². The molecule has 1 saturated carbocycles. The Labute approximate surface area is 115 Å². The third-order valence-electron chi connectivity index (χ3n) is 3.22. The highest BCUT2D eigenvalue weighted by Crippen LogP contribution is 2.42. The zero-order valence-electron chi connectivity index (χ0n) is 10.3. The number of rotatable bonds is 5. The minimum atomic E-state index is -0.454. The largest absolute Gasteiger partial charge is 0.476 e. The number of carbonyl (C=O) groups is 1. The van der Waals surface area contributed by atoms with Crippen LogP contribution < -0.4 is 4.74 Å². The Bertz CT molecular complexity index is 415. The third kappa shape index (κ3) is 2.83. The first-order valence-corrected chi connectivity index (χ1v) is 6.87. The van der Waals surface area contributed by atoms with Gasteiger partial charge in [0.1, 0.15) is 12.0 Å². The topological polar surface area (TPSA) is 48.4 Å². The van der Waals surface area contributed by atoms with Crippen molar-refractivity contribution in [2.24, 2.45) is 5.41 Å². The van der Waals surface area contributed by atoms with Crippen LogP contribution in [0.15, 0.2) is 22.8 Å². The lowest BCUT2D eigenvalue weighted by atomic mass is 9.69. The predicted molar refractivity (Wildman–Crippen MR) is 70.3 cm³/mol. The highest BCUT2D eigenvalue weighted by Gasteiger charge is 2.46. The molecule has 4 nitrogen and oxygen atoms in total. The highest BCUT2D eigenvalue weighted by atomic mass is 79.9. The molecule has 1 heterocycles. The number of carbonyl (C=O) groups excluding carboxylic acids is 1. The van der Waals surface area contributed by atoms with Gasteiger partial charge in [0.25, 0.3) is 0 Å². The molecular weight excluding hydrogens is 298 g/mol. The van der Waals surface area contributed by atoms with E-state index < -0.39 is 5.41 Å². The molecule has 0 bridgehead atoms. The maximum Gasteiger partial charge on any atom is 0.315 e. The van der Waals surface area contributed by atoms with E-state index in [0.717, 1.165) is 23.7 Å². The smallest absolute Gasteiger partial charge is 0.315 e. The molecule has 98 valence electrons. The quantitative estimate of drug-likeness (QED) is 0.784. The van der Waals surface area contributed by atoms with Crippen molar-refractivity contribution in [1.82, 2.24) is 4.98 Å². The second-order valence-electron chi connectivity index (χ2n) is 4.46. The number of ether oxygens (including phenoxy) is 2. The predicted octanol–water partition coefficient (Wildman–Crippen LogP) is 2.96. The van der Waals surface area contributed by atoms with E-state index in [0.29, 0.717) is 19.1 Å². The summed E-state index contributed by atoms with van der Waals surface area (Å²) in [5.41, 5.74) is -0.454. The van der Waals surface area contributed by atoms with Crippen molar-refractivity contribution in [3.8, 4) is 5.88 Å². The molecule has 0 atom stereocenters. The van der Waals surface area contributed by atoms with Gasteiger partial charge < -0.3 is 9.47 Å². The lowest BCUT2D eigenvalue weighted by molar-refractivity contribution is -0.163. The van der Waals surface area contributed by atoms with Crippen molar-refractivity contribution in [2.75, 3.05) is 13.2 Å². The van der Waals surface area contributed by atoms with Gasteiger partial charge in [-0.1, -0.05) is 6.42 Å². The van der Waals surface area contributed by atoms with E-state index in [1.807, 2.05) is 13.0 Å². The number of halogens is 1. The summed E-state index contributed by atoms with van der Waals surface area (Å²) in [6.45, 7) is 2.58. The molecule has 0 radical (unpaired) electrons. The SMILES string of the molecule is CCOC(=O)C1(COc2ccc(Br)cn2)CCC1. The van der Waals surface area contributed by atoms with Gasteiger partial charge in [-0.25, -0.2) is 4.98 Å². The maximum atomic E-state index is 11.9. The molecule has 2 rings (SSSR count). The second kappa shape index (κ2) is 5.69. The zero-order chi connectivity index (χ0) is 13.0. The summed E-state index contributed by atoms with van der Waals surface area (Å²) in [5.74, 6) is 0.391. The first kappa shape index (κ1) is 13.3. The van der Waals surface area contributed by atoms with Crippen LogP contribution >= 0.6 is 15.9 Å². The molecular formula is C13H16BrNO3. The second-order valence-corrected chi connectivity index (χ2v) is 5.37. The van der Waals surface area contributed by atoms with Crippen LogP contribution in [0.2, 0.25) is 0 Å². The van der Waals surface area contributed by atoms with Gasteiger partial charge in [0.05, 0.1) is 6.61 Å². The average molecular weight is 314 g/mol. The fourth-order valence-corrected chi connectivity index (χ4v) is 2.19.